The highest BCUT2D eigenvalue weighted by atomic mass is 15.3. The standard InChI is InChI=1S/C41H27N3/c1-2-12-27-24-40-36(23-26(27)11-1)34-17-7-9-19-38(34)43(41-42-37-18-8-10-20-39(37)44(40)41)28-21-22-33-31-15-4-3-13-29(31)30-14-5-6-16-32(30)35(33)25-28/h1-25,34,38H. The zero-order chi connectivity index (χ0) is 28.8. The SMILES string of the molecule is C1=CC2c3cc4ccccc4cc3-n3c(nc4ccccc43)N(c3ccc4c5ccccc5c5ccccc5c4c3)C2C=C1. The second kappa shape index (κ2) is 8.92. The topological polar surface area (TPSA) is 21.1 Å². The van der Waals surface area contributed by atoms with Crippen LogP contribution in [0.2, 0.25) is 0 Å². The van der Waals surface area contributed by atoms with E-state index in [1.807, 2.05) is 0 Å². The molecule has 0 saturated carbocycles. The Labute approximate surface area is 254 Å². The minimum atomic E-state index is 0.0575. The van der Waals surface area contributed by atoms with Crippen molar-refractivity contribution in [2.75, 3.05) is 4.90 Å². The monoisotopic (exact) mass is 561 g/mol. The van der Waals surface area contributed by atoms with Gasteiger partial charge in [-0.25, -0.2) is 4.98 Å². The average molecular weight is 562 g/mol. The van der Waals surface area contributed by atoms with Gasteiger partial charge in [-0.15, -0.1) is 0 Å². The maximum atomic E-state index is 5.36. The fourth-order valence-electron chi connectivity index (χ4n) is 7.72. The molecule has 7 aromatic carbocycles. The summed E-state index contributed by atoms with van der Waals surface area (Å²) in [7, 11) is 0. The molecular formula is C41H27N3. The molecule has 2 unspecified atom stereocenters. The van der Waals surface area contributed by atoms with E-state index in [2.05, 4.69) is 161 Å². The Hall–Kier alpha value is -5.67. The van der Waals surface area contributed by atoms with Gasteiger partial charge in [0.1, 0.15) is 0 Å². The van der Waals surface area contributed by atoms with E-state index >= 15 is 0 Å². The van der Waals surface area contributed by atoms with E-state index < -0.39 is 0 Å². The van der Waals surface area contributed by atoms with Crippen LogP contribution in [-0.2, 0) is 0 Å². The summed E-state index contributed by atoms with van der Waals surface area (Å²) in [6.45, 7) is 0. The number of anilines is 2. The second-order valence-electron chi connectivity index (χ2n) is 12.0. The minimum absolute atomic E-state index is 0.0575. The van der Waals surface area contributed by atoms with Gasteiger partial charge >= 0.3 is 0 Å². The first-order valence-corrected chi connectivity index (χ1v) is 15.3. The third kappa shape index (κ3) is 3.24. The predicted octanol–water partition coefficient (Wildman–Crippen LogP) is 10.4. The van der Waals surface area contributed by atoms with Gasteiger partial charge < -0.3 is 4.90 Å². The van der Waals surface area contributed by atoms with Crippen molar-refractivity contribution in [3.05, 3.63) is 157 Å². The van der Waals surface area contributed by atoms with E-state index in [4.69, 9.17) is 4.98 Å². The van der Waals surface area contributed by atoms with Gasteiger partial charge in [0.2, 0.25) is 5.95 Å². The molecule has 0 fully saturated rings. The molecule has 0 saturated heterocycles. The minimum Gasteiger partial charge on any atom is -0.304 e. The van der Waals surface area contributed by atoms with Gasteiger partial charge in [-0.3, -0.25) is 4.57 Å². The highest BCUT2D eigenvalue weighted by molar-refractivity contribution is 6.25. The molecule has 8 aromatic rings. The van der Waals surface area contributed by atoms with E-state index in [0.29, 0.717) is 0 Å². The van der Waals surface area contributed by atoms with Crippen LogP contribution in [0.1, 0.15) is 11.5 Å². The van der Waals surface area contributed by atoms with Crippen molar-refractivity contribution in [2.45, 2.75) is 12.0 Å². The van der Waals surface area contributed by atoms with E-state index in [-0.39, 0.29) is 12.0 Å². The summed E-state index contributed by atoms with van der Waals surface area (Å²) in [5.74, 6) is 1.10. The Morgan fingerprint density at radius 1 is 0.523 bits per heavy atom. The first kappa shape index (κ1) is 23.8. The summed E-state index contributed by atoms with van der Waals surface area (Å²) < 4.78 is 2.39. The Bertz CT molecular complexity index is 2500. The van der Waals surface area contributed by atoms with Crippen LogP contribution in [0, 0.1) is 0 Å². The zero-order valence-electron chi connectivity index (χ0n) is 23.9. The third-order valence-electron chi connectivity index (χ3n) is 9.66. The van der Waals surface area contributed by atoms with Crippen LogP contribution in [0.25, 0.3) is 59.8 Å². The highest BCUT2D eigenvalue weighted by Crippen LogP contribution is 2.47. The number of fused-ring (bicyclic) bond motifs is 14. The lowest BCUT2D eigenvalue weighted by Gasteiger charge is -2.34. The lowest BCUT2D eigenvalue weighted by molar-refractivity contribution is 0.692. The molecule has 1 aliphatic heterocycles. The van der Waals surface area contributed by atoms with Crippen LogP contribution in [0.5, 0.6) is 0 Å². The molecule has 0 amide bonds. The summed E-state index contributed by atoms with van der Waals surface area (Å²) in [4.78, 5) is 7.84. The van der Waals surface area contributed by atoms with Gasteiger partial charge in [-0.1, -0.05) is 115 Å². The fraction of sp³-hybridized carbons (Fsp3) is 0.0488. The molecule has 0 radical (unpaired) electrons. The molecule has 2 heterocycles. The Morgan fingerprint density at radius 3 is 1.91 bits per heavy atom. The van der Waals surface area contributed by atoms with Gasteiger partial charge in [0, 0.05) is 11.6 Å². The molecular weight excluding hydrogens is 534 g/mol. The lowest BCUT2D eigenvalue weighted by atomic mass is 9.85. The van der Waals surface area contributed by atoms with Crippen molar-refractivity contribution in [1.29, 1.82) is 0 Å². The smallest absolute Gasteiger partial charge is 0.216 e. The van der Waals surface area contributed by atoms with Crippen LogP contribution >= 0.6 is 0 Å². The summed E-state index contributed by atoms with van der Waals surface area (Å²) >= 11 is 0. The third-order valence-corrected chi connectivity index (χ3v) is 9.66. The van der Waals surface area contributed by atoms with Crippen molar-refractivity contribution < 1.29 is 0 Å². The van der Waals surface area contributed by atoms with Crippen molar-refractivity contribution >= 4 is 65.8 Å². The van der Waals surface area contributed by atoms with Crippen LogP contribution < -0.4 is 4.90 Å². The number of hydrogen-bond acceptors (Lipinski definition) is 2. The average Bonchev–Trinajstić information content (AvgIpc) is 3.42. The van der Waals surface area contributed by atoms with E-state index in [1.165, 1.54) is 54.3 Å². The number of nitrogens with zero attached hydrogens (tertiary/aromatic N) is 3. The highest BCUT2D eigenvalue weighted by Gasteiger charge is 2.37. The molecule has 0 N–H and O–H groups in total. The molecule has 1 aromatic heterocycles. The van der Waals surface area contributed by atoms with Crippen molar-refractivity contribution in [3.8, 4) is 5.69 Å². The van der Waals surface area contributed by atoms with Crippen molar-refractivity contribution in [1.82, 2.24) is 9.55 Å². The van der Waals surface area contributed by atoms with E-state index in [1.54, 1.807) is 0 Å². The molecule has 206 valence electrons. The molecule has 0 spiro atoms. The van der Waals surface area contributed by atoms with Crippen LogP contribution in [-0.4, -0.2) is 15.6 Å². The van der Waals surface area contributed by atoms with Crippen molar-refractivity contribution in [3.63, 3.8) is 0 Å². The summed E-state index contributed by atoms with van der Waals surface area (Å²) in [6, 6.07) is 46.6. The number of benzene rings is 7. The van der Waals surface area contributed by atoms with Crippen molar-refractivity contribution in [2.24, 2.45) is 0 Å². The molecule has 2 aliphatic rings. The summed E-state index contributed by atoms with van der Waals surface area (Å²) in [5.41, 5.74) is 5.77. The summed E-state index contributed by atoms with van der Waals surface area (Å²) in [5, 5.41) is 10.2. The molecule has 2 atom stereocenters. The van der Waals surface area contributed by atoms with Gasteiger partial charge in [0.05, 0.1) is 22.8 Å². The number of aromatic nitrogens is 2. The van der Waals surface area contributed by atoms with E-state index in [0.717, 1.165) is 22.7 Å². The Morgan fingerprint density at radius 2 is 1.14 bits per heavy atom. The van der Waals surface area contributed by atoms with Gasteiger partial charge in [-0.05, 0) is 85.1 Å². The molecule has 0 bridgehead atoms. The quantitative estimate of drug-likeness (QED) is 0.186. The first-order chi connectivity index (χ1) is 21.8. The number of hydrogen-bond donors (Lipinski definition) is 0. The molecule has 44 heavy (non-hydrogen) atoms. The van der Waals surface area contributed by atoms with Crippen LogP contribution in [0.4, 0.5) is 11.6 Å². The molecule has 10 rings (SSSR count). The maximum absolute atomic E-state index is 5.36. The van der Waals surface area contributed by atoms with Crippen LogP contribution in [0.15, 0.2) is 152 Å². The fourth-order valence-corrected chi connectivity index (χ4v) is 7.72. The normalized spacial score (nSPS) is 17.3. The Balaban J connectivity index is 1.32. The van der Waals surface area contributed by atoms with Gasteiger partial charge in [-0.2, -0.15) is 0 Å². The number of allylic oxidation sites excluding steroid dienone is 2. The number of rotatable bonds is 1. The molecule has 3 nitrogen and oxygen atoms in total. The molecule has 3 heteroatoms. The summed E-state index contributed by atoms with van der Waals surface area (Å²) in [6.07, 6.45) is 9.10. The lowest BCUT2D eigenvalue weighted by Crippen LogP contribution is -2.35. The molecule has 1 aliphatic carbocycles. The Kier molecular flexibility index (Phi) is 4.83. The second-order valence-corrected chi connectivity index (χ2v) is 12.0. The maximum Gasteiger partial charge on any atom is 0.216 e. The van der Waals surface area contributed by atoms with Crippen LogP contribution in [0.3, 0.4) is 0 Å². The predicted molar refractivity (Wildman–Crippen MR) is 184 cm³/mol. The largest absolute Gasteiger partial charge is 0.304 e. The zero-order valence-corrected chi connectivity index (χ0v) is 23.9. The van der Waals surface area contributed by atoms with Gasteiger partial charge in [0.15, 0.2) is 0 Å². The number of para-hydroxylation sites is 2. The first-order valence-electron chi connectivity index (χ1n) is 15.3. The van der Waals surface area contributed by atoms with E-state index in [9.17, 15) is 0 Å². The van der Waals surface area contributed by atoms with Gasteiger partial charge in [0.25, 0.3) is 0 Å². The number of imidazole rings is 1.